The van der Waals surface area contributed by atoms with Gasteiger partial charge < -0.3 is 4.74 Å². The Hall–Kier alpha value is -0.550. The maximum absolute atomic E-state index is 8.91. The average Bonchev–Trinajstić information content (AvgIpc) is 2.71. The first kappa shape index (κ1) is 22.7. The van der Waals surface area contributed by atoms with Crippen LogP contribution in [0.4, 0.5) is 0 Å². The first-order valence-electron chi connectivity index (χ1n) is 12.3. The van der Waals surface area contributed by atoms with E-state index in [4.69, 9.17) is 10.00 Å². The van der Waals surface area contributed by atoms with Crippen LogP contribution in [0, 0.1) is 29.1 Å². The van der Waals surface area contributed by atoms with Gasteiger partial charge in [-0.2, -0.15) is 5.26 Å². The largest absolute Gasteiger partial charge is 0.360 e. The van der Waals surface area contributed by atoms with Crippen LogP contribution in [0.2, 0.25) is 0 Å². The minimum absolute atomic E-state index is 0.238. The molecule has 0 heterocycles. The molecular formula is C25H45NO. The molecule has 0 bridgehead atoms. The molecule has 27 heavy (non-hydrogen) atoms. The van der Waals surface area contributed by atoms with Crippen LogP contribution in [0.5, 0.6) is 0 Å². The van der Waals surface area contributed by atoms with Crippen LogP contribution < -0.4 is 0 Å². The van der Waals surface area contributed by atoms with Gasteiger partial charge in [0.1, 0.15) is 6.10 Å². The second-order valence-electron chi connectivity index (χ2n) is 9.49. The summed E-state index contributed by atoms with van der Waals surface area (Å²) in [6, 6.07) is 2.21. The fraction of sp³-hybridized carbons (Fsp3) is 0.960. The average molecular weight is 376 g/mol. The van der Waals surface area contributed by atoms with Crippen LogP contribution in [-0.2, 0) is 4.74 Å². The van der Waals surface area contributed by atoms with Crippen molar-refractivity contribution in [3.05, 3.63) is 0 Å². The number of nitrogens with zero attached hydrogens (tertiary/aromatic N) is 1. The van der Waals surface area contributed by atoms with Crippen molar-refractivity contribution in [1.29, 1.82) is 5.26 Å². The Balaban J connectivity index is 1.49. The Morgan fingerprint density at radius 1 is 0.778 bits per heavy atom. The van der Waals surface area contributed by atoms with Crippen molar-refractivity contribution in [3.8, 4) is 6.07 Å². The van der Waals surface area contributed by atoms with Crippen LogP contribution in [0.15, 0.2) is 0 Å². The van der Waals surface area contributed by atoms with Crippen LogP contribution in [0.3, 0.4) is 0 Å². The Morgan fingerprint density at radius 2 is 1.30 bits per heavy atom. The number of hydrogen-bond acceptors (Lipinski definition) is 2. The zero-order valence-corrected chi connectivity index (χ0v) is 18.3. The molecule has 0 radical (unpaired) electrons. The maximum Gasteiger partial charge on any atom is 0.141 e. The van der Waals surface area contributed by atoms with E-state index >= 15 is 0 Å². The third kappa shape index (κ3) is 8.99. The van der Waals surface area contributed by atoms with Gasteiger partial charge >= 0.3 is 0 Å². The predicted molar refractivity (Wildman–Crippen MR) is 115 cm³/mol. The second-order valence-corrected chi connectivity index (χ2v) is 9.49. The first-order valence-corrected chi connectivity index (χ1v) is 12.3. The van der Waals surface area contributed by atoms with Crippen molar-refractivity contribution >= 4 is 0 Å². The number of ether oxygens (including phenoxy) is 1. The van der Waals surface area contributed by atoms with E-state index in [1.54, 1.807) is 0 Å². The second kappa shape index (κ2) is 13.6. The monoisotopic (exact) mass is 375 g/mol. The lowest BCUT2D eigenvalue weighted by Crippen LogP contribution is -2.30. The Kier molecular flexibility index (Phi) is 11.5. The molecule has 0 aromatic carbocycles. The molecular weight excluding hydrogens is 330 g/mol. The summed E-state index contributed by atoms with van der Waals surface area (Å²) >= 11 is 0. The highest BCUT2D eigenvalue weighted by atomic mass is 16.5. The van der Waals surface area contributed by atoms with Gasteiger partial charge in [-0.3, -0.25) is 0 Å². The summed E-state index contributed by atoms with van der Waals surface area (Å²) in [6.07, 6.45) is 24.1. The lowest BCUT2D eigenvalue weighted by molar-refractivity contribution is -0.0128. The molecule has 1 atom stereocenters. The molecule has 0 aromatic heterocycles. The van der Waals surface area contributed by atoms with Gasteiger partial charge in [0, 0.05) is 0 Å². The van der Waals surface area contributed by atoms with Crippen LogP contribution in [0.1, 0.15) is 123 Å². The van der Waals surface area contributed by atoms with Gasteiger partial charge in [-0.25, -0.2) is 0 Å². The zero-order valence-electron chi connectivity index (χ0n) is 18.3. The van der Waals surface area contributed by atoms with E-state index < -0.39 is 0 Å². The van der Waals surface area contributed by atoms with Gasteiger partial charge in [0.2, 0.25) is 0 Å². The van der Waals surface area contributed by atoms with Gasteiger partial charge in [-0.1, -0.05) is 77.6 Å². The molecule has 2 fully saturated rings. The van der Waals surface area contributed by atoms with Crippen molar-refractivity contribution in [1.82, 2.24) is 0 Å². The molecule has 0 spiro atoms. The van der Waals surface area contributed by atoms with E-state index in [2.05, 4.69) is 13.0 Å². The highest BCUT2D eigenvalue weighted by molar-refractivity contribution is 4.85. The van der Waals surface area contributed by atoms with Crippen molar-refractivity contribution < 1.29 is 4.74 Å². The molecule has 2 heteroatoms. The Labute approximate surface area is 169 Å². The molecule has 0 aliphatic heterocycles. The molecule has 2 nitrogen and oxygen atoms in total. The van der Waals surface area contributed by atoms with E-state index in [1.807, 2.05) is 6.92 Å². The molecule has 2 rings (SSSR count). The highest BCUT2D eigenvalue weighted by Gasteiger charge is 2.31. The molecule has 0 N–H and O–H groups in total. The molecule has 2 aliphatic rings. The number of hydrogen-bond donors (Lipinski definition) is 0. The molecule has 2 aliphatic carbocycles. The van der Waals surface area contributed by atoms with E-state index in [0.717, 1.165) is 17.8 Å². The summed E-state index contributed by atoms with van der Waals surface area (Å²) in [4.78, 5) is 0. The van der Waals surface area contributed by atoms with Crippen molar-refractivity contribution in [2.45, 2.75) is 135 Å². The van der Waals surface area contributed by atoms with Crippen LogP contribution >= 0.6 is 0 Å². The Bertz CT molecular complexity index is 399. The standard InChI is InChI=1S/C25H45NO/c1-3-4-5-6-7-8-9-10-11-22-12-14-23(15-13-22)24-16-18-25(19-17-24)27-21(2)20-26/h21-25H,3-19H2,1-2H3. The summed E-state index contributed by atoms with van der Waals surface area (Å²) in [5.41, 5.74) is 0. The van der Waals surface area contributed by atoms with Crippen LogP contribution in [-0.4, -0.2) is 12.2 Å². The quantitative estimate of drug-likeness (QED) is 0.326. The highest BCUT2D eigenvalue weighted by Crippen LogP contribution is 2.41. The molecule has 0 saturated heterocycles. The maximum atomic E-state index is 8.91. The van der Waals surface area contributed by atoms with E-state index in [1.165, 1.54) is 109 Å². The number of rotatable bonds is 12. The predicted octanol–water partition coefficient (Wildman–Crippen LogP) is 7.81. The number of unbranched alkanes of at least 4 members (excludes halogenated alkanes) is 7. The van der Waals surface area contributed by atoms with Gasteiger partial charge in [-0.15, -0.1) is 0 Å². The van der Waals surface area contributed by atoms with Gasteiger partial charge in [-0.05, 0) is 63.2 Å². The zero-order chi connectivity index (χ0) is 19.3. The smallest absolute Gasteiger partial charge is 0.141 e. The fourth-order valence-corrected chi connectivity index (χ4v) is 5.53. The van der Waals surface area contributed by atoms with Gasteiger partial charge in [0.05, 0.1) is 12.2 Å². The molecule has 0 amide bonds. The summed E-state index contributed by atoms with van der Waals surface area (Å²) in [5.74, 6) is 2.94. The number of nitriles is 1. The Morgan fingerprint density at radius 3 is 1.85 bits per heavy atom. The molecule has 0 aromatic rings. The third-order valence-electron chi connectivity index (χ3n) is 7.32. The minimum atomic E-state index is -0.238. The lowest BCUT2D eigenvalue weighted by Gasteiger charge is -2.38. The molecule has 156 valence electrons. The summed E-state index contributed by atoms with van der Waals surface area (Å²) in [5, 5.41) is 8.91. The summed E-state index contributed by atoms with van der Waals surface area (Å²) < 4.78 is 5.82. The molecule has 2 saturated carbocycles. The SMILES string of the molecule is CCCCCCCCCCC1CCC(C2CCC(OC(C)C#N)CC2)CC1. The van der Waals surface area contributed by atoms with E-state index in [0.29, 0.717) is 6.10 Å². The topological polar surface area (TPSA) is 33.0 Å². The third-order valence-corrected chi connectivity index (χ3v) is 7.32. The lowest BCUT2D eigenvalue weighted by atomic mass is 9.70. The minimum Gasteiger partial charge on any atom is -0.360 e. The van der Waals surface area contributed by atoms with E-state index in [9.17, 15) is 0 Å². The van der Waals surface area contributed by atoms with Crippen LogP contribution in [0.25, 0.3) is 0 Å². The summed E-state index contributed by atoms with van der Waals surface area (Å²) in [6.45, 7) is 4.17. The van der Waals surface area contributed by atoms with Gasteiger partial charge in [0.25, 0.3) is 0 Å². The van der Waals surface area contributed by atoms with E-state index in [-0.39, 0.29) is 6.10 Å². The summed E-state index contributed by atoms with van der Waals surface area (Å²) in [7, 11) is 0. The fourth-order valence-electron chi connectivity index (χ4n) is 5.53. The molecule has 1 unspecified atom stereocenters. The van der Waals surface area contributed by atoms with Crippen molar-refractivity contribution in [2.24, 2.45) is 17.8 Å². The van der Waals surface area contributed by atoms with Gasteiger partial charge in [0.15, 0.2) is 0 Å². The van der Waals surface area contributed by atoms with Crippen molar-refractivity contribution in [2.75, 3.05) is 0 Å². The van der Waals surface area contributed by atoms with Crippen molar-refractivity contribution in [3.63, 3.8) is 0 Å². The first-order chi connectivity index (χ1) is 13.2. The normalized spacial score (nSPS) is 30.0.